The summed E-state index contributed by atoms with van der Waals surface area (Å²) in [5.74, 6) is 0.292. The van der Waals surface area contributed by atoms with E-state index in [1.165, 1.54) is 26.8 Å². The molecule has 3 heteroatoms. The van der Waals surface area contributed by atoms with Gasteiger partial charge in [0.15, 0.2) is 5.78 Å². The van der Waals surface area contributed by atoms with Crippen LogP contribution in [0.2, 0.25) is 0 Å². The highest BCUT2D eigenvalue weighted by atomic mass is 32.1. The van der Waals surface area contributed by atoms with Gasteiger partial charge >= 0.3 is 0 Å². The Morgan fingerprint density at radius 3 is 2.69 bits per heavy atom. The van der Waals surface area contributed by atoms with Gasteiger partial charge in [-0.2, -0.15) is 0 Å². The minimum absolute atomic E-state index is 0.00146. The number of hydrogen-bond acceptors (Lipinski definition) is 3. The van der Waals surface area contributed by atoms with Crippen molar-refractivity contribution in [3.63, 3.8) is 0 Å². The van der Waals surface area contributed by atoms with Crippen molar-refractivity contribution in [3.05, 3.63) is 69.9 Å². The minimum atomic E-state index is -0.0257. The number of carbonyl (C=O) groups is 1. The van der Waals surface area contributed by atoms with Crippen LogP contribution in [0.1, 0.15) is 43.2 Å². The number of nitrogens with one attached hydrogen (secondary N) is 1. The van der Waals surface area contributed by atoms with E-state index in [0.29, 0.717) is 12.2 Å². The second kappa shape index (κ2) is 5.55. The number of thiophene rings is 1. The Morgan fingerprint density at radius 2 is 1.88 bits per heavy atom. The number of hydrogen-bond donors (Lipinski definition) is 1. The van der Waals surface area contributed by atoms with Crippen LogP contribution in [0.15, 0.2) is 59.5 Å². The SMILES string of the molecule is CC1(C)CC(=O)C2=C(C1)c1c(ccc3ccccc13)NC2c1cccs1. The van der Waals surface area contributed by atoms with Gasteiger partial charge in [0, 0.05) is 28.1 Å². The topological polar surface area (TPSA) is 29.1 Å². The van der Waals surface area contributed by atoms with Crippen LogP contribution in [0.5, 0.6) is 0 Å². The summed E-state index contributed by atoms with van der Waals surface area (Å²) in [6.45, 7) is 4.42. The van der Waals surface area contributed by atoms with Crippen molar-refractivity contribution < 1.29 is 4.79 Å². The molecule has 0 amide bonds. The molecule has 2 aliphatic rings. The molecule has 26 heavy (non-hydrogen) atoms. The lowest BCUT2D eigenvalue weighted by Gasteiger charge is -2.39. The zero-order valence-corrected chi connectivity index (χ0v) is 15.8. The highest BCUT2D eigenvalue weighted by Crippen LogP contribution is 2.52. The third kappa shape index (κ3) is 2.34. The molecule has 1 atom stereocenters. The van der Waals surface area contributed by atoms with Crippen LogP contribution in [0, 0.1) is 5.41 Å². The molecule has 2 aromatic carbocycles. The Bertz CT molecular complexity index is 1060. The summed E-state index contributed by atoms with van der Waals surface area (Å²) in [5, 5.41) is 8.23. The van der Waals surface area contributed by atoms with Crippen molar-refractivity contribution in [1.82, 2.24) is 0 Å². The van der Waals surface area contributed by atoms with Crippen LogP contribution >= 0.6 is 11.3 Å². The van der Waals surface area contributed by atoms with Gasteiger partial charge in [0.2, 0.25) is 0 Å². The van der Waals surface area contributed by atoms with E-state index in [1.807, 2.05) is 0 Å². The summed E-state index contributed by atoms with van der Waals surface area (Å²) in [5.41, 5.74) is 4.60. The first-order valence-electron chi connectivity index (χ1n) is 9.12. The molecule has 0 bridgehead atoms. The van der Waals surface area contributed by atoms with Gasteiger partial charge in [-0.25, -0.2) is 0 Å². The van der Waals surface area contributed by atoms with E-state index in [0.717, 1.165) is 17.7 Å². The van der Waals surface area contributed by atoms with Crippen LogP contribution in [-0.2, 0) is 4.79 Å². The summed E-state index contributed by atoms with van der Waals surface area (Å²) in [6.07, 6.45) is 1.56. The number of anilines is 1. The summed E-state index contributed by atoms with van der Waals surface area (Å²) in [7, 11) is 0. The lowest BCUT2D eigenvalue weighted by atomic mass is 9.68. The van der Waals surface area contributed by atoms with Gasteiger partial charge < -0.3 is 5.32 Å². The lowest BCUT2D eigenvalue weighted by molar-refractivity contribution is -0.118. The summed E-state index contributed by atoms with van der Waals surface area (Å²) < 4.78 is 0. The Labute approximate surface area is 157 Å². The van der Waals surface area contributed by atoms with Gasteiger partial charge in [-0.3, -0.25) is 4.79 Å². The molecule has 0 spiro atoms. The maximum Gasteiger partial charge on any atom is 0.162 e. The average molecular weight is 359 g/mol. The predicted molar refractivity (Wildman–Crippen MR) is 110 cm³/mol. The quantitative estimate of drug-likeness (QED) is 0.559. The summed E-state index contributed by atoms with van der Waals surface area (Å²) >= 11 is 1.72. The molecule has 1 aliphatic carbocycles. The van der Waals surface area contributed by atoms with Crippen molar-refractivity contribution in [2.75, 3.05) is 5.32 Å². The number of benzene rings is 2. The molecule has 1 unspecified atom stereocenters. The van der Waals surface area contributed by atoms with Crippen LogP contribution in [-0.4, -0.2) is 5.78 Å². The number of Topliss-reactive ketones (excluding diaryl/α,β-unsaturated/α-hetero) is 1. The van der Waals surface area contributed by atoms with Gasteiger partial charge in [0.1, 0.15) is 0 Å². The zero-order valence-electron chi connectivity index (χ0n) is 15.0. The molecule has 0 saturated heterocycles. The molecule has 130 valence electrons. The first kappa shape index (κ1) is 15.8. The molecule has 1 aliphatic heterocycles. The third-order valence-corrected chi connectivity index (χ3v) is 6.50. The Kier molecular flexibility index (Phi) is 3.38. The molecular weight excluding hydrogens is 338 g/mol. The van der Waals surface area contributed by atoms with Crippen LogP contribution in [0.4, 0.5) is 5.69 Å². The molecule has 1 N–H and O–H groups in total. The monoisotopic (exact) mass is 359 g/mol. The largest absolute Gasteiger partial charge is 0.373 e. The molecule has 3 aromatic rings. The van der Waals surface area contributed by atoms with E-state index >= 15 is 0 Å². The molecule has 2 heterocycles. The van der Waals surface area contributed by atoms with Gasteiger partial charge in [0.25, 0.3) is 0 Å². The van der Waals surface area contributed by atoms with Crippen molar-refractivity contribution in [1.29, 1.82) is 0 Å². The van der Waals surface area contributed by atoms with Crippen molar-refractivity contribution in [3.8, 4) is 0 Å². The van der Waals surface area contributed by atoms with Gasteiger partial charge in [-0.05, 0) is 45.7 Å². The fourth-order valence-corrected chi connectivity index (χ4v) is 5.29. The summed E-state index contributed by atoms with van der Waals surface area (Å²) in [6, 6.07) is 17.0. The van der Waals surface area contributed by atoms with E-state index in [2.05, 4.69) is 73.1 Å². The molecule has 2 nitrogen and oxygen atoms in total. The second-order valence-electron chi connectivity index (χ2n) is 8.14. The van der Waals surface area contributed by atoms with E-state index in [9.17, 15) is 4.79 Å². The third-order valence-electron chi connectivity index (χ3n) is 5.57. The number of fused-ring (bicyclic) bond motifs is 4. The number of rotatable bonds is 1. The van der Waals surface area contributed by atoms with E-state index in [4.69, 9.17) is 0 Å². The van der Waals surface area contributed by atoms with E-state index < -0.39 is 0 Å². The van der Waals surface area contributed by atoms with Crippen molar-refractivity contribution >= 4 is 39.2 Å². The normalized spacial score (nSPS) is 21.3. The average Bonchev–Trinajstić information content (AvgIpc) is 3.14. The molecule has 0 saturated carbocycles. The van der Waals surface area contributed by atoms with Crippen LogP contribution in [0.25, 0.3) is 16.3 Å². The van der Waals surface area contributed by atoms with E-state index in [-0.39, 0.29) is 11.5 Å². The number of ketones is 1. The standard InChI is InChI=1S/C23H21NOS/c1-23(2)12-16-20-15-7-4-3-6-14(15)9-10-17(20)24-22(19-8-5-11-26-19)21(16)18(25)13-23/h3-11,22,24H,12-13H2,1-2H3. The van der Waals surface area contributed by atoms with Crippen molar-refractivity contribution in [2.24, 2.45) is 5.41 Å². The number of allylic oxidation sites excluding steroid dienone is 1. The second-order valence-corrected chi connectivity index (χ2v) is 9.11. The van der Waals surface area contributed by atoms with Crippen LogP contribution in [0.3, 0.4) is 0 Å². The molecule has 0 radical (unpaired) electrons. The molecule has 1 aromatic heterocycles. The minimum Gasteiger partial charge on any atom is -0.373 e. The smallest absolute Gasteiger partial charge is 0.162 e. The van der Waals surface area contributed by atoms with E-state index in [1.54, 1.807) is 11.3 Å². The summed E-state index contributed by atoms with van der Waals surface area (Å²) in [4.78, 5) is 14.4. The Morgan fingerprint density at radius 1 is 1.04 bits per heavy atom. The highest BCUT2D eigenvalue weighted by Gasteiger charge is 2.40. The maximum atomic E-state index is 13.2. The number of carbonyl (C=O) groups excluding carboxylic acids is 1. The fourth-order valence-electron chi connectivity index (χ4n) is 4.51. The molecule has 0 fully saturated rings. The van der Waals surface area contributed by atoms with Gasteiger partial charge in [-0.1, -0.05) is 50.2 Å². The molecule has 5 rings (SSSR count). The van der Waals surface area contributed by atoms with Crippen LogP contribution < -0.4 is 5.32 Å². The fraction of sp³-hybridized carbons (Fsp3) is 0.261. The van der Waals surface area contributed by atoms with Gasteiger partial charge in [0.05, 0.1) is 6.04 Å². The molecular formula is C23H21NOS. The Balaban J connectivity index is 1.83. The maximum absolute atomic E-state index is 13.2. The zero-order chi connectivity index (χ0) is 17.9. The predicted octanol–water partition coefficient (Wildman–Crippen LogP) is 6.21. The lowest BCUT2D eigenvalue weighted by Crippen LogP contribution is -2.32. The first-order valence-corrected chi connectivity index (χ1v) is 10.00. The Hall–Kier alpha value is -2.39. The van der Waals surface area contributed by atoms with Crippen molar-refractivity contribution in [2.45, 2.75) is 32.7 Å². The highest BCUT2D eigenvalue weighted by molar-refractivity contribution is 7.10. The van der Waals surface area contributed by atoms with Gasteiger partial charge in [-0.15, -0.1) is 11.3 Å². The first-order chi connectivity index (χ1) is 12.5.